The van der Waals surface area contributed by atoms with Gasteiger partial charge in [0.25, 0.3) is 0 Å². The zero-order valence-corrected chi connectivity index (χ0v) is 19.0. The Morgan fingerprint density at radius 2 is 1.68 bits per heavy atom. The van der Waals surface area contributed by atoms with Crippen LogP contribution in [0.2, 0.25) is 0 Å². The Morgan fingerprint density at radius 1 is 1.06 bits per heavy atom. The molecule has 0 saturated carbocycles. The van der Waals surface area contributed by atoms with Crippen LogP contribution in [0.5, 0.6) is 0 Å². The smallest absolute Gasteiger partial charge is 0.243 e. The van der Waals surface area contributed by atoms with Gasteiger partial charge >= 0.3 is 0 Å². The molecule has 31 heavy (non-hydrogen) atoms. The molecule has 2 amide bonds. The van der Waals surface area contributed by atoms with Crippen LogP contribution in [0.3, 0.4) is 0 Å². The van der Waals surface area contributed by atoms with E-state index in [-0.39, 0.29) is 22.6 Å². The maximum absolute atomic E-state index is 12.9. The fraction of sp³-hybridized carbons (Fsp3) is 0.391. The maximum atomic E-state index is 12.9. The highest BCUT2D eigenvalue weighted by Crippen LogP contribution is 2.26. The van der Waals surface area contributed by atoms with Crippen molar-refractivity contribution in [3.05, 3.63) is 59.7 Å². The number of anilines is 1. The molecule has 1 heterocycles. The Kier molecular flexibility index (Phi) is 7.12. The lowest BCUT2D eigenvalue weighted by Gasteiger charge is -2.30. The summed E-state index contributed by atoms with van der Waals surface area (Å²) in [5.74, 6) is -0.434. The quantitative estimate of drug-likeness (QED) is 0.744. The number of hydrogen-bond acceptors (Lipinski definition) is 4. The van der Waals surface area contributed by atoms with Gasteiger partial charge < -0.3 is 10.2 Å². The predicted octanol–water partition coefficient (Wildman–Crippen LogP) is 3.01. The lowest BCUT2D eigenvalue weighted by atomic mass is 9.97. The number of aryl methyl sites for hydroxylation is 1. The van der Waals surface area contributed by atoms with Gasteiger partial charge in [0.05, 0.1) is 4.90 Å². The molecule has 1 fully saturated rings. The first-order chi connectivity index (χ1) is 14.7. The van der Waals surface area contributed by atoms with Gasteiger partial charge in [-0.25, -0.2) is 8.42 Å². The van der Waals surface area contributed by atoms with Gasteiger partial charge in [-0.3, -0.25) is 9.59 Å². The van der Waals surface area contributed by atoms with Crippen molar-refractivity contribution in [2.45, 2.75) is 38.1 Å². The van der Waals surface area contributed by atoms with Crippen molar-refractivity contribution in [2.75, 3.05) is 25.5 Å². The number of rotatable bonds is 6. The number of carbonyl (C=O) groups excluding carboxylic acids is 2. The number of nitrogens with zero attached hydrogens (tertiary/aromatic N) is 2. The fourth-order valence-corrected chi connectivity index (χ4v) is 5.07. The second-order valence-corrected chi connectivity index (χ2v) is 9.95. The van der Waals surface area contributed by atoms with Crippen LogP contribution in [-0.2, 0) is 26.2 Å². The van der Waals surface area contributed by atoms with E-state index in [1.165, 1.54) is 11.2 Å². The van der Waals surface area contributed by atoms with E-state index in [2.05, 4.69) is 5.32 Å². The van der Waals surface area contributed by atoms with Crippen LogP contribution in [0.25, 0.3) is 0 Å². The highest BCUT2D eigenvalue weighted by molar-refractivity contribution is 7.89. The van der Waals surface area contributed by atoms with Gasteiger partial charge in [-0.2, -0.15) is 4.31 Å². The Balaban J connectivity index is 1.62. The molecular formula is C23H29N3O4S. The normalized spacial score (nSPS) is 15.5. The molecule has 7 nitrogen and oxygen atoms in total. The van der Waals surface area contributed by atoms with E-state index in [1.807, 2.05) is 31.2 Å². The summed E-state index contributed by atoms with van der Waals surface area (Å²) in [7, 11) is -1.84. The molecule has 2 aromatic rings. The molecule has 0 radical (unpaired) electrons. The van der Waals surface area contributed by atoms with Crippen molar-refractivity contribution in [1.82, 2.24) is 9.21 Å². The number of nitrogens with one attached hydrogen (secondary N) is 1. The molecule has 1 aliphatic heterocycles. The van der Waals surface area contributed by atoms with E-state index in [4.69, 9.17) is 0 Å². The zero-order valence-electron chi connectivity index (χ0n) is 18.2. The second-order valence-electron chi connectivity index (χ2n) is 8.01. The lowest BCUT2D eigenvalue weighted by Crippen LogP contribution is -2.41. The average Bonchev–Trinajstić information content (AvgIpc) is 2.75. The number of carbonyl (C=O) groups is 2. The van der Waals surface area contributed by atoms with E-state index in [1.54, 1.807) is 36.2 Å². The summed E-state index contributed by atoms with van der Waals surface area (Å²) in [6.07, 6.45) is 0.929. The van der Waals surface area contributed by atoms with Gasteiger partial charge in [0.2, 0.25) is 21.8 Å². The van der Waals surface area contributed by atoms with E-state index >= 15 is 0 Å². The first-order valence-corrected chi connectivity index (χ1v) is 11.8. The van der Waals surface area contributed by atoms with Crippen LogP contribution in [-0.4, -0.2) is 49.6 Å². The summed E-state index contributed by atoms with van der Waals surface area (Å²) in [5.41, 5.74) is 2.53. The molecular weight excluding hydrogens is 414 g/mol. The van der Waals surface area contributed by atoms with Crippen LogP contribution in [0, 0.1) is 12.8 Å². The Hall–Kier alpha value is -2.71. The van der Waals surface area contributed by atoms with Gasteiger partial charge in [-0.15, -0.1) is 0 Å². The number of benzene rings is 2. The molecule has 0 atom stereocenters. The fourth-order valence-electron chi connectivity index (χ4n) is 3.60. The minimum absolute atomic E-state index is 0.0525. The molecule has 3 rings (SSSR count). The number of sulfonamides is 1. The Bertz CT molecular complexity index is 1040. The van der Waals surface area contributed by atoms with Gasteiger partial charge in [0.1, 0.15) is 0 Å². The SMILES string of the molecule is CC(=O)N(C)Cc1ccccc1NC(=O)C1CCN(S(=O)(=O)c2ccc(C)cc2)CC1. The van der Waals surface area contributed by atoms with Crippen molar-refractivity contribution in [2.24, 2.45) is 5.92 Å². The molecule has 1 aliphatic rings. The van der Waals surface area contributed by atoms with Crippen LogP contribution in [0.15, 0.2) is 53.4 Å². The minimum atomic E-state index is -3.55. The summed E-state index contributed by atoms with van der Waals surface area (Å²) >= 11 is 0. The number of piperidine rings is 1. The third kappa shape index (κ3) is 5.51. The van der Waals surface area contributed by atoms with Crippen LogP contribution in [0.4, 0.5) is 5.69 Å². The maximum Gasteiger partial charge on any atom is 0.243 e. The van der Waals surface area contributed by atoms with Gasteiger partial charge in [-0.05, 0) is 43.5 Å². The molecule has 0 unspecified atom stereocenters. The monoisotopic (exact) mass is 443 g/mol. The summed E-state index contributed by atoms with van der Waals surface area (Å²) < 4.78 is 27.2. The first kappa shape index (κ1) is 23.0. The van der Waals surface area contributed by atoms with Crippen LogP contribution in [0.1, 0.15) is 30.9 Å². The zero-order chi connectivity index (χ0) is 22.6. The Morgan fingerprint density at radius 3 is 2.29 bits per heavy atom. The highest BCUT2D eigenvalue weighted by Gasteiger charge is 2.32. The molecule has 0 aliphatic carbocycles. The molecule has 8 heteroatoms. The molecule has 1 saturated heterocycles. The molecule has 0 aromatic heterocycles. The first-order valence-electron chi connectivity index (χ1n) is 10.4. The second kappa shape index (κ2) is 9.62. The van der Waals surface area contributed by atoms with E-state index in [9.17, 15) is 18.0 Å². The van der Waals surface area contributed by atoms with Gasteiger partial charge in [0.15, 0.2) is 0 Å². The van der Waals surface area contributed by atoms with Crippen molar-refractivity contribution in [1.29, 1.82) is 0 Å². The number of para-hydroxylation sites is 1. The van der Waals surface area contributed by atoms with Crippen LogP contribution < -0.4 is 5.32 Å². The molecule has 2 aromatic carbocycles. The van der Waals surface area contributed by atoms with Crippen molar-refractivity contribution >= 4 is 27.5 Å². The van der Waals surface area contributed by atoms with Crippen molar-refractivity contribution < 1.29 is 18.0 Å². The molecule has 1 N–H and O–H groups in total. The third-order valence-electron chi connectivity index (χ3n) is 5.70. The largest absolute Gasteiger partial charge is 0.342 e. The van der Waals surface area contributed by atoms with Crippen molar-refractivity contribution in [3.63, 3.8) is 0 Å². The van der Waals surface area contributed by atoms with Crippen molar-refractivity contribution in [3.8, 4) is 0 Å². The van der Waals surface area contributed by atoms with E-state index in [0.717, 1.165) is 11.1 Å². The summed E-state index contributed by atoms with van der Waals surface area (Å²) in [6.45, 7) is 4.43. The number of hydrogen-bond donors (Lipinski definition) is 1. The molecule has 0 bridgehead atoms. The number of amides is 2. The van der Waals surface area contributed by atoms with Gasteiger partial charge in [0, 0.05) is 45.2 Å². The molecule has 166 valence electrons. The van der Waals surface area contributed by atoms with E-state index < -0.39 is 10.0 Å². The minimum Gasteiger partial charge on any atom is -0.342 e. The van der Waals surface area contributed by atoms with Crippen LogP contribution >= 0.6 is 0 Å². The third-order valence-corrected chi connectivity index (χ3v) is 7.62. The van der Waals surface area contributed by atoms with Gasteiger partial charge in [-0.1, -0.05) is 35.9 Å². The average molecular weight is 444 g/mol. The topological polar surface area (TPSA) is 86.8 Å². The standard InChI is InChI=1S/C23H29N3O4S/c1-17-8-10-21(11-9-17)31(29,30)26-14-12-19(13-15-26)23(28)24-22-7-5-4-6-20(22)16-25(3)18(2)27/h4-11,19H,12-16H2,1-3H3,(H,24,28). The van der Waals surface area contributed by atoms with E-state index in [0.29, 0.717) is 38.2 Å². The summed E-state index contributed by atoms with van der Waals surface area (Å²) in [5, 5.41) is 2.97. The summed E-state index contributed by atoms with van der Waals surface area (Å²) in [6, 6.07) is 14.2. The lowest BCUT2D eigenvalue weighted by molar-refractivity contribution is -0.128. The Labute approximate surface area is 184 Å². The summed E-state index contributed by atoms with van der Waals surface area (Å²) in [4.78, 5) is 26.3. The highest BCUT2D eigenvalue weighted by atomic mass is 32.2. The molecule has 0 spiro atoms. The predicted molar refractivity (Wildman–Crippen MR) is 120 cm³/mol.